The zero-order valence-corrected chi connectivity index (χ0v) is 13.7. The molecule has 0 saturated carbocycles. The molecule has 0 spiro atoms. The maximum absolute atomic E-state index is 12.4. The van der Waals surface area contributed by atoms with E-state index in [0.717, 1.165) is 48.7 Å². The van der Waals surface area contributed by atoms with Crippen molar-refractivity contribution in [2.75, 3.05) is 0 Å². The minimum Gasteiger partial charge on any atom is -0.343 e. The van der Waals surface area contributed by atoms with Gasteiger partial charge in [0.15, 0.2) is 5.82 Å². The van der Waals surface area contributed by atoms with Gasteiger partial charge in [-0.15, -0.1) is 10.2 Å². The van der Waals surface area contributed by atoms with Crippen molar-refractivity contribution in [1.82, 2.24) is 29.5 Å². The molecule has 0 aliphatic carbocycles. The summed E-state index contributed by atoms with van der Waals surface area (Å²) in [6, 6.07) is 3.94. The second-order valence-electron chi connectivity index (χ2n) is 6.27. The maximum Gasteiger partial charge on any atom is 0.271 e. The van der Waals surface area contributed by atoms with Gasteiger partial charge in [0.2, 0.25) is 0 Å². The summed E-state index contributed by atoms with van der Waals surface area (Å²) in [6.07, 6.45) is 8.13. The van der Waals surface area contributed by atoms with E-state index in [-0.39, 0.29) is 5.91 Å². The molecule has 0 saturated heterocycles. The number of aryl methyl sites for hydroxylation is 2. The van der Waals surface area contributed by atoms with Gasteiger partial charge in [0.25, 0.3) is 5.91 Å². The van der Waals surface area contributed by atoms with Crippen molar-refractivity contribution in [3.05, 3.63) is 47.4 Å². The van der Waals surface area contributed by atoms with Crippen LogP contribution in [0.5, 0.6) is 0 Å². The fraction of sp³-hybridized carbons (Fsp3) is 0.412. The molecular weight excluding hydrogens is 304 g/mol. The first-order chi connectivity index (χ1) is 11.7. The number of nitrogens with one attached hydrogen (secondary N) is 1. The van der Waals surface area contributed by atoms with Crippen LogP contribution in [0.3, 0.4) is 0 Å². The second-order valence-corrected chi connectivity index (χ2v) is 6.27. The van der Waals surface area contributed by atoms with Crippen LogP contribution in [0.2, 0.25) is 0 Å². The van der Waals surface area contributed by atoms with Crippen LogP contribution in [-0.4, -0.2) is 30.1 Å². The van der Waals surface area contributed by atoms with Crippen molar-refractivity contribution in [1.29, 1.82) is 0 Å². The monoisotopic (exact) mass is 324 g/mol. The van der Waals surface area contributed by atoms with E-state index < -0.39 is 0 Å². The molecule has 0 radical (unpaired) electrons. The lowest BCUT2D eigenvalue weighted by atomic mass is 10.2. The van der Waals surface area contributed by atoms with Gasteiger partial charge in [0.1, 0.15) is 17.2 Å². The molecule has 1 N–H and O–H groups in total. The van der Waals surface area contributed by atoms with Crippen LogP contribution in [0.4, 0.5) is 0 Å². The number of hydrogen-bond acceptors (Lipinski definition) is 4. The third-order valence-electron chi connectivity index (χ3n) is 4.44. The van der Waals surface area contributed by atoms with E-state index in [1.807, 2.05) is 29.7 Å². The molecule has 0 fully saturated rings. The fourth-order valence-corrected chi connectivity index (χ4v) is 3.12. The number of pyridine rings is 1. The van der Waals surface area contributed by atoms with Crippen molar-refractivity contribution in [2.24, 2.45) is 0 Å². The topological polar surface area (TPSA) is 77.1 Å². The van der Waals surface area contributed by atoms with E-state index in [1.54, 1.807) is 6.20 Å². The van der Waals surface area contributed by atoms with Crippen molar-refractivity contribution < 1.29 is 4.79 Å². The van der Waals surface area contributed by atoms with Gasteiger partial charge < -0.3 is 14.3 Å². The van der Waals surface area contributed by atoms with E-state index in [4.69, 9.17) is 0 Å². The molecule has 0 atom stereocenters. The van der Waals surface area contributed by atoms with E-state index in [0.29, 0.717) is 12.2 Å². The number of carbonyl (C=O) groups is 1. The number of carbonyl (C=O) groups excluding carboxylic acids is 1. The molecule has 3 aromatic rings. The van der Waals surface area contributed by atoms with Gasteiger partial charge in [0.05, 0.1) is 6.54 Å². The SMILES string of the molecule is Cc1ccn2cc(C(=O)NCc3nnc4n3CCCCC4)nc2c1. The Morgan fingerprint density at radius 3 is 3.12 bits per heavy atom. The van der Waals surface area contributed by atoms with Gasteiger partial charge >= 0.3 is 0 Å². The fourth-order valence-electron chi connectivity index (χ4n) is 3.12. The Labute approximate surface area is 139 Å². The highest BCUT2D eigenvalue weighted by atomic mass is 16.1. The summed E-state index contributed by atoms with van der Waals surface area (Å²) in [5.41, 5.74) is 2.30. The number of rotatable bonds is 3. The number of imidazole rings is 1. The quantitative estimate of drug-likeness (QED) is 0.798. The number of amides is 1. The summed E-state index contributed by atoms with van der Waals surface area (Å²) in [5, 5.41) is 11.4. The summed E-state index contributed by atoms with van der Waals surface area (Å²) in [4.78, 5) is 16.8. The van der Waals surface area contributed by atoms with Crippen LogP contribution in [0.1, 0.15) is 47.0 Å². The van der Waals surface area contributed by atoms with Gasteiger partial charge in [-0.2, -0.15) is 0 Å². The van der Waals surface area contributed by atoms with Crippen LogP contribution < -0.4 is 5.32 Å². The predicted octanol–water partition coefficient (Wildman–Crippen LogP) is 1.89. The molecule has 0 bridgehead atoms. The Kier molecular flexibility index (Phi) is 3.76. The van der Waals surface area contributed by atoms with Crippen molar-refractivity contribution in [3.8, 4) is 0 Å². The summed E-state index contributed by atoms with van der Waals surface area (Å²) in [6.45, 7) is 3.31. The van der Waals surface area contributed by atoms with Crippen LogP contribution in [0.25, 0.3) is 5.65 Å². The summed E-state index contributed by atoms with van der Waals surface area (Å²) < 4.78 is 3.99. The first-order valence-corrected chi connectivity index (χ1v) is 8.35. The molecule has 3 aromatic heterocycles. The third kappa shape index (κ3) is 2.77. The third-order valence-corrected chi connectivity index (χ3v) is 4.44. The molecule has 0 aromatic carbocycles. The number of hydrogen-bond donors (Lipinski definition) is 1. The molecular formula is C17H20N6O. The molecule has 1 aliphatic rings. The number of fused-ring (bicyclic) bond motifs is 2. The molecule has 4 heterocycles. The summed E-state index contributed by atoms with van der Waals surface area (Å²) in [7, 11) is 0. The smallest absolute Gasteiger partial charge is 0.271 e. The van der Waals surface area contributed by atoms with E-state index in [1.165, 1.54) is 6.42 Å². The number of aromatic nitrogens is 5. The van der Waals surface area contributed by atoms with Crippen LogP contribution in [-0.2, 0) is 19.5 Å². The molecule has 24 heavy (non-hydrogen) atoms. The van der Waals surface area contributed by atoms with Gasteiger partial charge in [-0.05, 0) is 37.5 Å². The first-order valence-electron chi connectivity index (χ1n) is 8.35. The Bertz CT molecular complexity index is 894. The van der Waals surface area contributed by atoms with Crippen molar-refractivity contribution in [2.45, 2.75) is 45.7 Å². The Hall–Kier alpha value is -2.70. The predicted molar refractivity (Wildman–Crippen MR) is 88.7 cm³/mol. The Balaban J connectivity index is 1.49. The van der Waals surface area contributed by atoms with E-state index >= 15 is 0 Å². The normalized spacial score (nSPS) is 14.4. The van der Waals surface area contributed by atoms with Gasteiger partial charge in [-0.1, -0.05) is 6.42 Å². The highest BCUT2D eigenvalue weighted by molar-refractivity contribution is 5.92. The Morgan fingerprint density at radius 1 is 1.29 bits per heavy atom. The highest BCUT2D eigenvalue weighted by Gasteiger charge is 2.16. The lowest BCUT2D eigenvalue weighted by molar-refractivity contribution is 0.0945. The van der Waals surface area contributed by atoms with Crippen molar-refractivity contribution in [3.63, 3.8) is 0 Å². The number of nitrogens with zero attached hydrogens (tertiary/aromatic N) is 5. The van der Waals surface area contributed by atoms with Crippen LogP contribution in [0.15, 0.2) is 24.5 Å². The highest BCUT2D eigenvalue weighted by Crippen LogP contribution is 2.14. The average Bonchev–Trinajstić information content (AvgIpc) is 3.09. The largest absolute Gasteiger partial charge is 0.343 e. The molecule has 7 nitrogen and oxygen atoms in total. The summed E-state index contributed by atoms with van der Waals surface area (Å²) in [5.74, 6) is 1.65. The molecule has 7 heteroatoms. The minimum atomic E-state index is -0.192. The lowest BCUT2D eigenvalue weighted by Gasteiger charge is -2.07. The van der Waals surface area contributed by atoms with Gasteiger partial charge in [0, 0.05) is 25.4 Å². The van der Waals surface area contributed by atoms with Gasteiger partial charge in [-0.3, -0.25) is 4.79 Å². The molecule has 4 rings (SSSR count). The average molecular weight is 324 g/mol. The second kappa shape index (κ2) is 6.07. The van der Waals surface area contributed by atoms with Crippen LogP contribution in [0, 0.1) is 6.92 Å². The molecule has 1 aliphatic heterocycles. The van der Waals surface area contributed by atoms with Crippen LogP contribution >= 0.6 is 0 Å². The maximum atomic E-state index is 12.4. The molecule has 1 amide bonds. The zero-order valence-electron chi connectivity index (χ0n) is 13.7. The van der Waals surface area contributed by atoms with E-state index in [9.17, 15) is 4.79 Å². The lowest BCUT2D eigenvalue weighted by Crippen LogP contribution is -2.25. The standard InChI is InChI=1S/C17H20N6O/c1-12-6-8-22-11-13(19-15(22)9-12)17(24)18-10-16-21-20-14-5-3-2-4-7-23(14)16/h6,8-9,11H,2-5,7,10H2,1H3,(H,18,24). The molecule has 0 unspecified atom stereocenters. The Morgan fingerprint density at radius 2 is 2.21 bits per heavy atom. The first kappa shape index (κ1) is 14.9. The van der Waals surface area contributed by atoms with Gasteiger partial charge in [-0.25, -0.2) is 4.98 Å². The minimum absolute atomic E-state index is 0.192. The van der Waals surface area contributed by atoms with Crippen molar-refractivity contribution >= 4 is 11.6 Å². The van der Waals surface area contributed by atoms with E-state index in [2.05, 4.69) is 25.1 Å². The molecule has 124 valence electrons. The summed E-state index contributed by atoms with van der Waals surface area (Å²) >= 11 is 0. The zero-order chi connectivity index (χ0) is 16.5.